The Kier molecular flexibility index (Phi) is 4.97. The van der Waals surface area contributed by atoms with Gasteiger partial charge in [0.15, 0.2) is 11.6 Å². The van der Waals surface area contributed by atoms with Crippen molar-refractivity contribution < 1.29 is 22.4 Å². The fourth-order valence-electron chi connectivity index (χ4n) is 2.48. The third-order valence-corrected chi connectivity index (χ3v) is 3.74. The summed E-state index contributed by atoms with van der Waals surface area (Å²) in [5.41, 5.74) is 0.187. The summed E-state index contributed by atoms with van der Waals surface area (Å²) in [6.45, 7) is 0. The van der Waals surface area contributed by atoms with E-state index < -0.39 is 40.8 Å². The third kappa shape index (κ3) is 3.72. The molecular formula is C19H12F4N2O. The molecule has 3 nitrogen and oxygen atoms in total. The molecule has 0 saturated carbocycles. The predicted molar refractivity (Wildman–Crippen MR) is 86.3 cm³/mol. The van der Waals surface area contributed by atoms with Gasteiger partial charge in [0, 0.05) is 12.4 Å². The number of rotatable bonds is 4. The van der Waals surface area contributed by atoms with Gasteiger partial charge in [-0.05, 0) is 47.5 Å². The number of carbonyl (C=O) groups is 1. The molecule has 132 valence electrons. The van der Waals surface area contributed by atoms with Crippen molar-refractivity contribution in [1.29, 1.82) is 0 Å². The number of amides is 1. The number of hydrogen-bond acceptors (Lipinski definition) is 2. The van der Waals surface area contributed by atoms with Crippen molar-refractivity contribution in [1.82, 2.24) is 10.3 Å². The van der Waals surface area contributed by atoms with E-state index >= 15 is 0 Å². The summed E-state index contributed by atoms with van der Waals surface area (Å²) >= 11 is 0. The maximum Gasteiger partial charge on any atom is 0.255 e. The van der Waals surface area contributed by atoms with E-state index in [0.717, 1.165) is 30.3 Å². The Morgan fingerprint density at radius 3 is 2.35 bits per heavy atom. The summed E-state index contributed by atoms with van der Waals surface area (Å²) in [5, 5.41) is 2.51. The van der Waals surface area contributed by atoms with E-state index in [9.17, 15) is 22.4 Å². The molecule has 3 rings (SSSR count). The molecule has 2 aromatic carbocycles. The van der Waals surface area contributed by atoms with Crippen molar-refractivity contribution in [2.24, 2.45) is 0 Å². The Balaban J connectivity index is 2.00. The number of nitrogens with one attached hydrogen (secondary N) is 1. The zero-order chi connectivity index (χ0) is 18.7. The molecule has 1 unspecified atom stereocenters. The maximum absolute atomic E-state index is 13.8. The van der Waals surface area contributed by atoms with Crippen LogP contribution in [-0.2, 0) is 0 Å². The fraction of sp³-hybridized carbons (Fsp3) is 0.0526. The number of nitrogens with zero attached hydrogens (tertiary/aromatic N) is 1. The first-order valence-corrected chi connectivity index (χ1v) is 7.56. The normalized spacial score (nSPS) is 11.8. The Bertz CT molecular complexity index is 948. The van der Waals surface area contributed by atoms with Crippen molar-refractivity contribution in [2.45, 2.75) is 6.04 Å². The van der Waals surface area contributed by atoms with Gasteiger partial charge in [-0.15, -0.1) is 0 Å². The topological polar surface area (TPSA) is 42.0 Å². The molecule has 0 aliphatic rings. The number of hydrogen-bond donors (Lipinski definition) is 1. The Morgan fingerprint density at radius 2 is 1.65 bits per heavy atom. The Morgan fingerprint density at radius 1 is 0.885 bits per heavy atom. The molecule has 1 amide bonds. The quantitative estimate of drug-likeness (QED) is 0.710. The van der Waals surface area contributed by atoms with Crippen LogP contribution in [0, 0.1) is 23.3 Å². The minimum absolute atomic E-state index is 0.224. The lowest BCUT2D eigenvalue weighted by Gasteiger charge is -2.20. The molecule has 3 aromatic rings. The van der Waals surface area contributed by atoms with Gasteiger partial charge in [-0.3, -0.25) is 9.78 Å². The van der Waals surface area contributed by atoms with E-state index in [1.165, 1.54) is 18.5 Å². The first-order valence-electron chi connectivity index (χ1n) is 7.56. The lowest BCUT2D eigenvalue weighted by molar-refractivity contribution is 0.0938. The molecule has 0 radical (unpaired) electrons. The van der Waals surface area contributed by atoms with Crippen LogP contribution in [0.2, 0.25) is 0 Å². The average molecular weight is 360 g/mol. The fourth-order valence-corrected chi connectivity index (χ4v) is 2.48. The van der Waals surface area contributed by atoms with Crippen LogP contribution in [0.3, 0.4) is 0 Å². The molecule has 1 atom stereocenters. The summed E-state index contributed by atoms with van der Waals surface area (Å²) in [5.74, 6) is -4.72. The van der Waals surface area contributed by atoms with Gasteiger partial charge in [0.1, 0.15) is 11.6 Å². The van der Waals surface area contributed by atoms with E-state index in [4.69, 9.17) is 0 Å². The molecule has 0 spiro atoms. The predicted octanol–water partition coefficient (Wildman–Crippen LogP) is 4.16. The second-order valence-electron chi connectivity index (χ2n) is 5.49. The lowest BCUT2D eigenvalue weighted by Crippen LogP contribution is -2.30. The van der Waals surface area contributed by atoms with Gasteiger partial charge in [-0.2, -0.15) is 0 Å². The smallest absolute Gasteiger partial charge is 0.255 e. The molecule has 7 heteroatoms. The second-order valence-corrected chi connectivity index (χ2v) is 5.49. The highest BCUT2D eigenvalue weighted by Gasteiger charge is 2.21. The van der Waals surface area contributed by atoms with Crippen LogP contribution in [0.25, 0.3) is 0 Å². The number of pyridine rings is 1. The summed E-state index contributed by atoms with van der Waals surface area (Å²) in [6, 6.07) is 7.89. The van der Waals surface area contributed by atoms with Crippen molar-refractivity contribution in [2.75, 3.05) is 0 Å². The van der Waals surface area contributed by atoms with E-state index in [-0.39, 0.29) is 5.56 Å². The Hall–Kier alpha value is -3.22. The molecule has 0 bridgehead atoms. The van der Waals surface area contributed by atoms with Crippen molar-refractivity contribution in [3.8, 4) is 0 Å². The number of carbonyl (C=O) groups excluding carboxylic acids is 1. The first kappa shape index (κ1) is 17.6. The molecule has 1 heterocycles. The lowest BCUT2D eigenvalue weighted by atomic mass is 9.99. The number of aromatic nitrogens is 1. The number of halogens is 4. The van der Waals surface area contributed by atoms with Gasteiger partial charge in [-0.25, -0.2) is 17.6 Å². The van der Waals surface area contributed by atoms with Crippen LogP contribution in [0.15, 0.2) is 60.9 Å². The zero-order valence-corrected chi connectivity index (χ0v) is 13.2. The molecule has 0 fully saturated rings. The van der Waals surface area contributed by atoms with E-state index in [2.05, 4.69) is 10.3 Å². The van der Waals surface area contributed by atoms with Gasteiger partial charge in [0.25, 0.3) is 5.91 Å². The van der Waals surface area contributed by atoms with Gasteiger partial charge < -0.3 is 5.32 Å². The Labute approximate surface area is 146 Å². The van der Waals surface area contributed by atoms with Gasteiger partial charge in [-0.1, -0.05) is 12.1 Å². The highest BCUT2D eigenvalue weighted by molar-refractivity contribution is 5.95. The molecule has 1 N–H and O–H groups in total. The van der Waals surface area contributed by atoms with E-state index in [1.807, 2.05) is 0 Å². The van der Waals surface area contributed by atoms with Crippen molar-refractivity contribution in [3.63, 3.8) is 0 Å². The molecule has 26 heavy (non-hydrogen) atoms. The minimum Gasteiger partial charge on any atom is -0.341 e. The van der Waals surface area contributed by atoms with Gasteiger partial charge in [0.05, 0.1) is 11.6 Å². The van der Waals surface area contributed by atoms with Crippen LogP contribution in [0.1, 0.15) is 27.5 Å². The van der Waals surface area contributed by atoms with Crippen LogP contribution in [0.4, 0.5) is 17.6 Å². The van der Waals surface area contributed by atoms with E-state index in [1.54, 1.807) is 12.1 Å². The SMILES string of the molecule is O=C(NC(c1cccnc1)c1ccc(F)c(F)c1)c1cc(F)ccc1F. The van der Waals surface area contributed by atoms with Crippen LogP contribution in [0.5, 0.6) is 0 Å². The molecule has 0 saturated heterocycles. The summed E-state index contributed by atoms with van der Waals surface area (Å²) in [4.78, 5) is 16.4. The van der Waals surface area contributed by atoms with Crippen molar-refractivity contribution in [3.05, 3.63) is 101 Å². The number of benzene rings is 2. The van der Waals surface area contributed by atoms with Crippen LogP contribution >= 0.6 is 0 Å². The first-order chi connectivity index (χ1) is 12.5. The van der Waals surface area contributed by atoms with E-state index in [0.29, 0.717) is 5.56 Å². The van der Waals surface area contributed by atoms with Crippen LogP contribution < -0.4 is 5.32 Å². The third-order valence-electron chi connectivity index (χ3n) is 3.74. The molecule has 1 aromatic heterocycles. The molecule has 0 aliphatic heterocycles. The van der Waals surface area contributed by atoms with Gasteiger partial charge >= 0.3 is 0 Å². The summed E-state index contributed by atoms with van der Waals surface area (Å²) in [6.07, 6.45) is 2.92. The highest BCUT2D eigenvalue weighted by atomic mass is 19.2. The standard InChI is InChI=1S/C19H12F4N2O/c20-13-4-6-15(21)14(9-13)19(26)25-18(12-2-1-7-24-10-12)11-3-5-16(22)17(23)8-11/h1-10,18H,(H,25,26). The highest BCUT2D eigenvalue weighted by Crippen LogP contribution is 2.24. The average Bonchev–Trinajstić information content (AvgIpc) is 2.64. The van der Waals surface area contributed by atoms with Crippen molar-refractivity contribution >= 4 is 5.91 Å². The minimum atomic E-state index is -1.09. The maximum atomic E-state index is 13.8. The van der Waals surface area contributed by atoms with Crippen LogP contribution in [-0.4, -0.2) is 10.9 Å². The molecule has 0 aliphatic carbocycles. The molecular weight excluding hydrogens is 348 g/mol. The summed E-state index contributed by atoms with van der Waals surface area (Å²) < 4.78 is 54.0. The van der Waals surface area contributed by atoms with Gasteiger partial charge in [0.2, 0.25) is 0 Å². The zero-order valence-electron chi connectivity index (χ0n) is 13.2. The second kappa shape index (κ2) is 7.35. The monoisotopic (exact) mass is 360 g/mol. The summed E-state index contributed by atoms with van der Waals surface area (Å²) in [7, 11) is 0. The largest absolute Gasteiger partial charge is 0.341 e.